The van der Waals surface area contributed by atoms with E-state index in [9.17, 15) is 0 Å². The molecule has 0 aliphatic rings. The molecule has 0 spiro atoms. The first-order valence-electron chi connectivity index (χ1n) is 5.07. The molecule has 2 aromatic rings. The van der Waals surface area contributed by atoms with Gasteiger partial charge in [-0.05, 0) is 12.1 Å². The Morgan fingerprint density at radius 3 is 3.00 bits per heavy atom. The van der Waals surface area contributed by atoms with Crippen molar-refractivity contribution in [1.82, 2.24) is 9.97 Å². The van der Waals surface area contributed by atoms with Gasteiger partial charge in [-0.25, -0.2) is 9.97 Å². The number of hydrogen-bond donors (Lipinski definition) is 1. The number of furan rings is 1. The van der Waals surface area contributed by atoms with E-state index in [1.165, 1.54) is 6.33 Å². The van der Waals surface area contributed by atoms with Crippen LogP contribution in [0, 0.1) is 0 Å². The standard InChI is InChI=1S/C11H13N3O2S/c1-12-10-9(15-2)11(14-7-13-10)17-6-8-4-3-5-16-8/h3-5,7H,6H2,1-2H3,(H,12,13,14). The van der Waals surface area contributed by atoms with E-state index < -0.39 is 0 Å². The molecule has 5 nitrogen and oxygen atoms in total. The van der Waals surface area contributed by atoms with Crippen molar-refractivity contribution < 1.29 is 9.15 Å². The van der Waals surface area contributed by atoms with Crippen LogP contribution >= 0.6 is 11.8 Å². The Kier molecular flexibility index (Phi) is 3.87. The number of nitrogens with one attached hydrogen (secondary N) is 1. The van der Waals surface area contributed by atoms with E-state index in [1.54, 1.807) is 32.2 Å². The minimum atomic E-state index is 0.659. The fourth-order valence-corrected chi connectivity index (χ4v) is 2.23. The second kappa shape index (κ2) is 5.58. The van der Waals surface area contributed by atoms with Crippen LogP contribution in [0.25, 0.3) is 0 Å². The third-order valence-electron chi connectivity index (χ3n) is 2.14. The highest BCUT2D eigenvalue weighted by atomic mass is 32.2. The lowest BCUT2D eigenvalue weighted by molar-refractivity contribution is 0.400. The maximum atomic E-state index is 5.30. The summed E-state index contributed by atoms with van der Waals surface area (Å²) in [5.41, 5.74) is 0. The number of hydrogen-bond acceptors (Lipinski definition) is 6. The van der Waals surface area contributed by atoms with E-state index in [0.29, 0.717) is 17.3 Å². The van der Waals surface area contributed by atoms with Crippen LogP contribution in [-0.2, 0) is 5.75 Å². The molecule has 2 aromatic heterocycles. The molecular weight excluding hydrogens is 238 g/mol. The first-order chi connectivity index (χ1) is 8.35. The molecule has 2 heterocycles. The number of ether oxygens (including phenoxy) is 1. The minimum absolute atomic E-state index is 0.659. The molecule has 90 valence electrons. The number of methoxy groups -OCH3 is 1. The highest BCUT2D eigenvalue weighted by Gasteiger charge is 2.11. The Morgan fingerprint density at radius 2 is 2.35 bits per heavy atom. The van der Waals surface area contributed by atoms with Gasteiger partial charge < -0.3 is 14.5 Å². The highest BCUT2D eigenvalue weighted by Crippen LogP contribution is 2.33. The molecule has 6 heteroatoms. The van der Waals surface area contributed by atoms with Gasteiger partial charge in [-0.3, -0.25) is 0 Å². The van der Waals surface area contributed by atoms with Crippen LogP contribution in [0.5, 0.6) is 5.75 Å². The first-order valence-corrected chi connectivity index (χ1v) is 6.05. The number of aromatic nitrogens is 2. The van der Waals surface area contributed by atoms with E-state index in [-0.39, 0.29) is 0 Å². The third kappa shape index (κ3) is 2.71. The predicted octanol–water partition coefficient (Wildman–Crippen LogP) is 2.41. The zero-order valence-electron chi connectivity index (χ0n) is 9.64. The zero-order chi connectivity index (χ0) is 12.1. The van der Waals surface area contributed by atoms with Crippen molar-refractivity contribution in [2.75, 3.05) is 19.5 Å². The number of nitrogens with zero attached hydrogens (tertiary/aromatic N) is 2. The normalized spacial score (nSPS) is 10.2. The Labute approximate surface area is 104 Å². The Balaban J connectivity index is 2.14. The van der Waals surface area contributed by atoms with Gasteiger partial charge in [0, 0.05) is 7.05 Å². The van der Waals surface area contributed by atoms with Crippen LogP contribution in [0.15, 0.2) is 34.2 Å². The Hall–Kier alpha value is -1.69. The van der Waals surface area contributed by atoms with Gasteiger partial charge in [0.25, 0.3) is 0 Å². The zero-order valence-corrected chi connectivity index (χ0v) is 10.5. The second-order valence-electron chi connectivity index (χ2n) is 3.18. The summed E-state index contributed by atoms with van der Waals surface area (Å²) >= 11 is 1.55. The smallest absolute Gasteiger partial charge is 0.193 e. The molecule has 0 amide bonds. The van der Waals surface area contributed by atoms with Gasteiger partial charge in [0.1, 0.15) is 17.1 Å². The molecule has 2 rings (SSSR count). The van der Waals surface area contributed by atoms with Gasteiger partial charge in [-0.2, -0.15) is 0 Å². The molecule has 0 saturated carbocycles. The van der Waals surface area contributed by atoms with Crippen LogP contribution in [0.2, 0.25) is 0 Å². The van der Waals surface area contributed by atoms with E-state index in [4.69, 9.17) is 9.15 Å². The van der Waals surface area contributed by atoms with Crippen molar-refractivity contribution in [3.63, 3.8) is 0 Å². The Morgan fingerprint density at radius 1 is 1.47 bits per heavy atom. The summed E-state index contributed by atoms with van der Waals surface area (Å²) < 4.78 is 10.6. The van der Waals surface area contributed by atoms with E-state index in [0.717, 1.165) is 10.8 Å². The van der Waals surface area contributed by atoms with Crippen LogP contribution in [-0.4, -0.2) is 24.1 Å². The summed E-state index contributed by atoms with van der Waals surface area (Å²) in [6.07, 6.45) is 3.17. The molecule has 0 aromatic carbocycles. The summed E-state index contributed by atoms with van der Waals surface area (Å²) in [5, 5.41) is 3.76. The van der Waals surface area contributed by atoms with E-state index >= 15 is 0 Å². The third-order valence-corrected chi connectivity index (χ3v) is 3.14. The lowest BCUT2D eigenvalue weighted by Crippen LogP contribution is -1.99. The van der Waals surface area contributed by atoms with Crippen LogP contribution < -0.4 is 10.1 Å². The molecule has 1 N–H and O–H groups in total. The molecule has 0 atom stereocenters. The summed E-state index contributed by atoms with van der Waals surface area (Å²) in [6, 6.07) is 3.80. The van der Waals surface area contributed by atoms with Gasteiger partial charge in [0.2, 0.25) is 0 Å². The second-order valence-corrected chi connectivity index (χ2v) is 4.14. The largest absolute Gasteiger partial charge is 0.490 e. The fraction of sp³-hybridized carbons (Fsp3) is 0.273. The Bertz CT molecular complexity index is 474. The molecule has 0 radical (unpaired) electrons. The van der Waals surface area contributed by atoms with Crippen LogP contribution in [0.4, 0.5) is 5.82 Å². The van der Waals surface area contributed by atoms with Crippen molar-refractivity contribution in [1.29, 1.82) is 0 Å². The maximum absolute atomic E-state index is 5.30. The van der Waals surface area contributed by atoms with Crippen molar-refractivity contribution >= 4 is 17.6 Å². The SMILES string of the molecule is CNc1ncnc(SCc2ccco2)c1OC. The van der Waals surface area contributed by atoms with Gasteiger partial charge in [0.15, 0.2) is 11.6 Å². The molecule has 0 aliphatic carbocycles. The number of rotatable bonds is 5. The molecule has 0 saturated heterocycles. The topological polar surface area (TPSA) is 60.2 Å². The summed E-state index contributed by atoms with van der Waals surface area (Å²) in [6.45, 7) is 0. The fourth-order valence-electron chi connectivity index (χ4n) is 1.36. The minimum Gasteiger partial charge on any atom is -0.490 e. The first kappa shape index (κ1) is 11.8. The monoisotopic (exact) mass is 251 g/mol. The molecule has 0 unspecified atom stereocenters. The molecule has 0 aliphatic heterocycles. The predicted molar refractivity (Wildman–Crippen MR) is 66.4 cm³/mol. The maximum Gasteiger partial charge on any atom is 0.193 e. The average Bonchev–Trinajstić information content (AvgIpc) is 2.88. The number of anilines is 1. The summed E-state index contributed by atoms with van der Waals surface area (Å²) in [5.74, 6) is 2.96. The van der Waals surface area contributed by atoms with Crippen molar-refractivity contribution in [2.45, 2.75) is 10.8 Å². The van der Waals surface area contributed by atoms with Gasteiger partial charge in [0.05, 0.1) is 19.1 Å². The van der Waals surface area contributed by atoms with Crippen LogP contribution in [0.1, 0.15) is 5.76 Å². The van der Waals surface area contributed by atoms with Crippen LogP contribution in [0.3, 0.4) is 0 Å². The highest BCUT2D eigenvalue weighted by molar-refractivity contribution is 7.98. The molecule has 0 bridgehead atoms. The molecular formula is C11H13N3O2S. The van der Waals surface area contributed by atoms with Crippen molar-refractivity contribution in [3.8, 4) is 5.75 Å². The van der Waals surface area contributed by atoms with E-state index in [2.05, 4.69) is 15.3 Å². The molecule has 0 fully saturated rings. The number of thioether (sulfide) groups is 1. The summed E-state index contributed by atoms with van der Waals surface area (Å²) in [4.78, 5) is 8.29. The molecule has 17 heavy (non-hydrogen) atoms. The van der Waals surface area contributed by atoms with Gasteiger partial charge in [-0.1, -0.05) is 11.8 Å². The lowest BCUT2D eigenvalue weighted by atomic mass is 10.5. The average molecular weight is 251 g/mol. The van der Waals surface area contributed by atoms with E-state index in [1.807, 2.05) is 12.1 Å². The summed E-state index contributed by atoms with van der Waals surface area (Å²) in [7, 11) is 3.41. The quantitative estimate of drug-likeness (QED) is 0.650. The van der Waals surface area contributed by atoms with Crippen molar-refractivity contribution in [2.24, 2.45) is 0 Å². The van der Waals surface area contributed by atoms with Crippen molar-refractivity contribution in [3.05, 3.63) is 30.5 Å². The lowest BCUT2D eigenvalue weighted by Gasteiger charge is -2.09. The van der Waals surface area contributed by atoms with Gasteiger partial charge in [-0.15, -0.1) is 0 Å². The van der Waals surface area contributed by atoms with Gasteiger partial charge >= 0.3 is 0 Å².